The molecule has 0 aliphatic heterocycles. The second-order valence-corrected chi connectivity index (χ2v) is 6.21. The van der Waals surface area contributed by atoms with Crippen LogP contribution in [-0.4, -0.2) is 23.0 Å². The number of amides is 1. The summed E-state index contributed by atoms with van der Waals surface area (Å²) in [6, 6.07) is 12.9. The monoisotopic (exact) mass is 351 g/mol. The average Bonchev–Trinajstić information content (AvgIpc) is 2.93. The normalized spacial score (nSPS) is 10.8. The highest BCUT2D eigenvalue weighted by atomic mass is 16.5. The molecule has 0 unspecified atom stereocenters. The van der Waals surface area contributed by atoms with Crippen molar-refractivity contribution in [1.82, 2.24) is 9.99 Å². The Morgan fingerprint density at radius 1 is 1.08 bits per heavy atom. The van der Waals surface area contributed by atoms with Crippen molar-refractivity contribution in [2.45, 2.75) is 20.8 Å². The predicted octanol–water partition coefficient (Wildman–Crippen LogP) is 2.89. The van der Waals surface area contributed by atoms with Crippen molar-refractivity contribution in [3.63, 3.8) is 0 Å². The molecule has 0 radical (unpaired) electrons. The summed E-state index contributed by atoms with van der Waals surface area (Å²) in [5.74, 6) is 5.24. The number of ether oxygens (including phenoxy) is 1. The molecule has 0 aliphatic carbocycles. The van der Waals surface area contributed by atoms with Crippen LogP contribution in [0.3, 0.4) is 0 Å². The van der Waals surface area contributed by atoms with Crippen molar-refractivity contribution in [1.29, 1.82) is 0 Å². The molecule has 3 N–H and O–H groups in total. The SMILES string of the molecule is Cc1ccc(OCC(=O)n2c(C)c(C(=O)NN)c3ccccc32)cc1C. The van der Waals surface area contributed by atoms with Crippen molar-refractivity contribution in [3.05, 3.63) is 64.8 Å². The number of aryl methyl sites for hydroxylation is 2. The Morgan fingerprint density at radius 2 is 1.81 bits per heavy atom. The molecule has 0 saturated heterocycles. The van der Waals surface area contributed by atoms with E-state index in [1.807, 2.05) is 44.2 Å². The molecule has 1 heterocycles. The van der Waals surface area contributed by atoms with Gasteiger partial charge >= 0.3 is 0 Å². The summed E-state index contributed by atoms with van der Waals surface area (Å²) < 4.78 is 7.16. The fraction of sp³-hybridized carbons (Fsp3) is 0.200. The van der Waals surface area contributed by atoms with Gasteiger partial charge in [0.1, 0.15) is 5.75 Å². The zero-order valence-electron chi connectivity index (χ0n) is 15.0. The number of hydrogen-bond acceptors (Lipinski definition) is 4. The molecule has 134 valence electrons. The maximum Gasteiger partial charge on any atom is 0.269 e. The van der Waals surface area contributed by atoms with Crippen LogP contribution in [0.4, 0.5) is 0 Å². The highest BCUT2D eigenvalue weighted by Gasteiger charge is 2.22. The van der Waals surface area contributed by atoms with Crippen LogP contribution in [-0.2, 0) is 0 Å². The minimum absolute atomic E-state index is 0.133. The largest absolute Gasteiger partial charge is 0.484 e. The first-order valence-corrected chi connectivity index (χ1v) is 8.28. The highest BCUT2D eigenvalue weighted by molar-refractivity contribution is 6.10. The Balaban J connectivity index is 1.94. The highest BCUT2D eigenvalue weighted by Crippen LogP contribution is 2.26. The molecule has 1 aromatic heterocycles. The number of fused-ring (bicyclic) bond motifs is 1. The van der Waals surface area contributed by atoms with E-state index in [1.54, 1.807) is 19.1 Å². The fourth-order valence-corrected chi connectivity index (χ4v) is 3.06. The Labute approximate surface area is 151 Å². The lowest BCUT2D eigenvalue weighted by molar-refractivity contribution is 0.0841. The van der Waals surface area contributed by atoms with Crippen LogP contribution in [0.25, 0.3) is 10.9 Å². The minimum Gasteiger partial charge on any atom is -0.484 e. The number of nitrogens with two attached hydrogens (primary N) is 1. The first-order chi connectivity index (χ1) is 12.4. The number of hydrogen-bond donors (Lipinski definition) is 2. The first kappa shape index (κ1) is 17.7. The van der Waals surface area contributed by atoms with Gasteiger partial charge in [-0.1, -0.05) is 24.3 Å². The van der Waals surface area contributed by atoms with Crippen molar-refractivity contribution in [3.8, 4) is 5.75 Å². The van der Waals surface area contributed by atoms with E-state index in [4.69, 9.17) is 10.6 Å². The van der Waals surface area contributed by atoms with Crippen LogP contribution in [0.1, 0.15) is 32.0 Å². The number of benzene rings is 2. The maximum atomic E-state index is 12.8. The van der Waals surface area contributed by atoms with Gasteiger partial charge in [-0.2, -0.15) is 0 Å². The van der Waals surface area contributed by atoms with Crippen LogP contribution < -0.4 is 16.0 Å². The van der Waals surface area contributed by atoms with Gasteiger partial charge in [-0.25, -0.2) is 5.84 Å². The van der Waals surface area contributed by atoms with E-state index < -0.39 is 5.91 Å². The molecule has 2 aromatic carbocycles. The molecule has 0 fully saturated rings. The molecule has 0 bridgehead atoms. The van der Waals surface area contributed by atoms with Crippen LogP contribution in [0.2, 0.25) is 0 Å². The molecule has 0 atom stereocenters. The van der Waals surface area contributed by atoms with Crippen LogP contribution in [0, 0.1) is 20.8 Å². The fourth-order valence-electron chi connectivity index (χ4n) is 3.06. The van der Waals surface area contributed by atoms with Gasteiger partial charge in [0.25, 0.3) is 11.8 Å². The molecule has 3 aromatic rings. The lowest BCUT2D eigenvalue weighted by atomic mass is 10.1. The van der Waals surface area contributed by atoms with E-state index in [0.29, 0.717) is 27.9 Å². The smallest absolute Gasteiger partial charge is 0.269 e. The van der Waals surface area contributed by atoms with E-state index in [2.05, 4.69) is 5.43 Å². The molecule has 0 aliphatic rings. The molecule has 3 rings (SSSR count). The van der Waals surface area contributed by atoms with Crippen molar-refractivity contribution in [2.75, 3.05) is 6.61 Å². The molecule has 0 spiro atoms. The molecule has 6 nitrogen and oxygen atoms in total. The minimum atomic E-state index is -0.430. The summed E-state index contributed by atoms with van der Waals surface area (Å²) >= 11 is 0. The number of nitrogens with zero attached hydrogens (tertiary/aromatic N) is 1. The Bertz CT molecular complexity index is 1000. The Morgan fingerprint density at radius 3 is 2.50 bits per heavy atom. The van der Waals surface area contributed by atoms with Gasteiger partial charge in [0, 0.05) is 11.1 Å². The standard InChI is InChI=1S/C20H21N3O3/c1-12-8-9-15(10-13(12)2)26-11-18(24)23-14(3)19(20(25)22-21)16-6-4-5-7-17(16)23/h4-10H,11,21H2,1-3H3,(H,22,25). The zero-order chi connectivity index (χ0) is 18.8. The molecule has 6 heteroatoms. The van der Waals surface area contributed by atoms with Gasteiger partial charge in [0.05, 0.1) is 11.1 Å². The molecule has 0 saturated carbocycles. The van der Waals surface area contributed by atoms with Gasteiger partial charge in [-0.05, 0) is 50.1 Å². The molecular weight excluding hydrogens is 330 g/mol. The topological polar surface area (TPSA) is 86.3 Å². The summed E-state index contributed by atoms with van der Waals surface area (Å²) in [4.78, 5) is 24.9. The lowest BCUT2D eigenvalue weighted by Crippen LogP contribution is -2.30. The number of para-hydroxylation sites is 1. The van der Waals surface area contributed by atoms with E-state index >= 15 is 0 Å². The average molecular weight is 351 g/mol. The van der Waals surface area contributed by atoms with Crippen LogP contribution in [0.15, 0.2) is 42.5 Å². The number of carbonyl (C=O) groups is 2. The molecular formula is C20H21N3O3. The second kappa shape index (κ2) is 7.01. The van der Waals surface area contributed by atoms with Crippen LogP contribution in [0.5, 0.6) is 5.75 Å². The third-order valence-electron chi connectivity index (χ3n) is 4.56. The number of nitrogens with one attached hydrogen (secondary N) is 1. The summed E-state index contributed by atoms with van der Waals surface area (Å²) in [5, 5.41) is 0.674. The number of aromatic nitrogens is 1. The van der Waals surface area contributed by atoms with Gasteiger partial charge in [-0.3, -0.25) is 19.6 Å². The summed E-state index contributed by atoms with van der Waals surface area (Å²) in [5.41, 5.74) is 5.97. The van der Waals surface area contributed by atoms with E-state index in [1.165, 1.54) is 4.57 Å². The van der Waals surface area contributed by atoms with E-state index in [-0.39, 0.29) is 12.5 Å². The summed E-state index contributed by atoms with van der Waals surface area (Å²) in [6.45, 7) is 5.60. The quantitative estimate of drug-likeness (QED) is 0.430. The number of rotatable bonds is 4. The third-order valence-corrected chi connectivity index (χ3v) is 4.56. The zero-order valence-corrected chi connectivity index (χ0v) is 15.0. The predicted molar refractivity (Wildman–Crippen MR) is 100 cm³/mol. The maximum absolute atomic E-state index is 12.8. The van der Waals surface area contributed by atoms with Crippen molar-refractivity contribution >= 4 is 22.7 Å². The van der Waals surface area contributed by atoms with Gasteiger partial charge in [-0.15, -0.1) is 0 Å². The molecule has 1 amide bonds. The number of nitrogen functional groups attached to an aromatic ring is 1. The lowest BCUT2D eigenvalue weighted by Gasteiger charge is -2.10. The second-order valence-electron chi connectivity index (χ2n) is 6.21. The number of carbonyl (C=O) groups excluding carboxylic acids is 2. The van der Waals surface area contributed by atoms with Crippen LogP contribution >= 0.6 is 0 Å². The van der Waals surface area contributed by atoms with Gasteiger partial charge < -0.3 is 4.74 Å². The Kier molecular flexibility index (Phi) is 4.77. The van der Waals surface area contributed by atoms with E-state index in [0.717, 1.165) is 11.1 Å². The van der Waals surface area contributed by atoms with Gasteiger partial charge in [0.15, 0.2) is 6.61 Å². The van der Waals surface area contributed by atoms with E-state index in [9.17, 15) is 9.59 Å². The van der Waals surface area contributed by atoms with Crippen molar-refractivity contribution in [2.24, 2.45) is 5.84 Å². The molecule has 26 heavy (non-hydrogen) atoms. The number of hydrazine groups is 1. The first-order valence-electron chi connectivity index (χ1n) is 8.28. The summed E-state index contributed by atoms with van der Waals surface area (Å²) in [6.07, 6.45) is 0. The van der Waals surface area contributed by atoms with Crippen molar-refractivity contribution < 1.29 is 14.3 Å². The summed E-state index contributed by atoms with van der Waals surface area (Å²) in [7, 11) is 0. The Hall–Kier alpha value is -3.12. The third kappa shape index (κ3) is 3.07. The van der Waals surface area contributed by atoms with Gasteiger partial charge in [0.2, 0.25) is 0 Å².